The Morgan fingerprint density at radius 3 is 2.30 bits per heavy atom. The lowest BCUT2D eigenvalue weighted by Crippen LogP contribution is -1.86. The molecule has 54 valence electrons. The van der Waals surface area contributed by atoms with Crippen LogP contribution >= 0.6 is 0 Å². The summed E-state index contributed by atoms with van der Waals surface area (Å²) in [4.78, 5) is 0. The van der Waals surface area contributed by atoms with Crippen LogP contribution in [0.25, 0.3) is 6.08 Å². The van der Waals surface area contributed by atoms with E-state index < -0.39 is 0 Å². The predicted molar refractivity (Wildman–Crippen MR) is 47.7 cm³/mol. The number of para-hydroxylation sites is 1. The van der Waals surface area contributed by atoms with Crippen LogP contribution in [0.1, 0.15) is 13.0 Å². The normalized spacial score (nSPS) is 8.00. The van der Waals surface area contributed by atoms with Crippen LogP contribution in [0.5, 0.6) is 0 Å². The second-order valence-corrected chi connectivity index (χ2v) is 1.83. The zero-order chi connectivity index (χ0) is 6.69. The van der Waals surface area contributed by atoms with E-state index in [9.17, 15) is 0 Å². The molecule has 0 aliphatic heterocycles. The summed E-state index contributed by atoms with van der Waals surface area (Å²) in [5.41, 5.74) is 7.34. The van der Waals surface area contributed by atoms with Crippen molar-refractivity contribution >= 4 is 11.8 Å². The molecule has 1 heteroatoms. The van der Waals surface area contributed by atoms with Crippen LogP contribution < -0.4 is 5.73 Å². The molecule has 0 aromatic heterocycles. The van der Waals surface area contributed by atoms with Gasteiger partial charge in [0, 0.05) is 5.69 Å². The van der Waals surface area contributed by atoms with Crippen molar-refractivity contribution in [1.29, 1.82) is 0 Å². The summed E-state index contributed by atoms with van der Waals surface area (Å²) in [6.07, 6.45) is 1.75. The fourth-order valence-electron chi connectivity index (χ4n) is 0.697. The Morgan fingerprint density at radius 1 is 1.30 bits per heavy atom. The van der Waals surface area contributed by atoms with Crippen LogP contribution in [0.3, 0.4) is 0 Å². The summed E-state index contributed by atoms with van der Waals surface area (Å²) in [5.74, 6) is 0. The van der Waals surface area contributed by atoms with E-state index in [1.165, 1.54) is 0 Å². The Balaban J connectivity index is 0.000000810. The second kappa shape index (κ2) is 3.72. The Kier molecular flexibility index (Phi) is 3.26. The van der Waals surface area contributed by atoms with Gasteiger partial charge in [-0.3, -0.25) is 0 Å². The van der Waals surface area contributed by atoms with E-state index >= 15 is 0 Å². The molecule has 0 aliphatic carbocycles. The lowest BCUT2D eigenvalue weighted by molar-refractivity contribution is 1.64. The summed E-state index contributed by atoms with van der Waals surface area (Å²) >= 11 is 0. The van der Waals surface area contributed by atoms with Crippen LogP contribution in [-0.4, -0.2) is 0 Å². The van der Waals surface area contributed by atoms with Crippen molar-refractivity contribution in [3.63, 3.8) is 0 Å². The SMILES string of the molecule is C.C=Cc1ccccc1N. The third-order valence-electron chi connectivity index (χ3n) is 1.22. The van der Waals surface area contributed by atoms with Gasteiger partial charge in [-0.05, 0) is 11.6 Å². The van der Waals surface area contributed by atoms with Crippen LogP contribution in [0.15, 0.2) is 30.8 Å². The lowest BCUT2D eigenvalue weighted by Gasteiger charge is -1.95. The van der Waals surface area contributed by atoms with Crippen molar-refractivity contribution in [1.82, 2.24) is 0 Å². The zero-order valence-electron chi connectivity index (χ0n) is 5.17. The molecule has 2 N–H and O–H groups in total. The van der Waals surface area contributed by atoms with Crippen molar-refractivity contribution in [3.05, 3.63) is 36.4 Å². The first kappa shape index (κ1) is 8.76. The molecule has 0 spiro atoms. The fourth-order valence-corrected chi connectivity index (χ4v) is 0.697. The molecule has 1 aromatic rings. The number of nitrogen functional groups attached to an aromatic ring is 1. The molecule has 0 heterocycles. The van der Waals surface area contributed by atoms with Gasteiger partial charge in [0.15, 0.2) is 0 Å². The molecule has 0 saturated heterocycles. The summed E-state index contributed by atoms with van der Waals surface area (Å²) in [6.45, 7) is 3.61. The van der Waals surface area contributed by atoms with Gasteiger partial charge in [0.05, 0.1) is 0 Å². The van der Waals surface area contributed by atoms with Crippen LogP contribution in [0.4, 0.5) is 5.69 Å². The van der Waals surface area contributed by atoms with Crippen LogP contribution in [0, 0.1) is 0 Å². The Bertz CT molecular complexity index is 216. The van der Waals surface area contributed by atoms with Crippen molar-refractivity contribution in [2.75, 3.05) is 5.73 Å². The molecule has 1 rings (SSSR count). The van der Waals surface area contributed by atoms with Crippen molar-refractivity contribution in [2.24, 2.45) is 0 Å². The number of anilines is 1. The third-order valence-corrected chi connectivity index (χ3v) is 1.22. The number of hydrogen-bond donors (Lipinski definition) is 1. The van der Waals surface area contributed by atoms with E-state index in [0.29, 0.717) is 0 Å². The smallest absolute Gasteiger partial charge is 0.0387 e. The van der Waals surface area contributed by atoms with Gasteiger partial charge in [-0.25, -0.2) is 0 Å². The monoisotopic (exact) mass is 135 g/mol. The van der Waals surface area contributed by atoms with E-state index in [-0.39, 0.29) is 7.43 Å². The average Bonchev–Trinajstić information content (AvgIpc) is 1.89. The van der Waals surface area contributed by atoms with Gasteiger partial charge in [0.1, 0.15) is 0 Å². The maximum atomic E-state index is 5.56. The van der Waals surface area contributed by atoms with E-state index in [1.54, 1.807) is 6.08 Å². The minimum atomic E-state index is 0. The Morgan fingerprint density at radius 2 is 1.90 bits per heavy atom. The van der Waals surface area contributed by atoms with Gasteiger partial charge in [-0.15, -0.1) is 0 Å². The van der Waals surface area contributed by atoms with Gasteiger partial charge in [-0.1, -0.05) is 38.3 Å². The average molecular weight is 135 g/mol. The molecule has 1 nitrogen and oxygen atoms in total. The molecular formula is C9H13N. The highest BCUT2D eigenvalue weighted by atomic mass is 14.5. The van der Waals surface area contributed by atoms with Gasteiger partial charge >= 0.3 is 0 Å². The number of benzene rings is 1. The highest BCUT2D eigenvalue weighted by Gasteiger charge is 1.87. The van der Waals surface area contributed by atoms with E-state index in [1.807, 2.05) is 24.3 Å². The van der Waals surface area contributed by atoms with Gasteiger partial charge in [0.2, 0.25) is 0 Å². The third kappa shape index (κ3) is 1.62. The highest BCUT2D eigenvalue weighted by Crippen LogP contribution is 2.10. The lowest BCUT2D eigenvalue weighted by atomic mass is 10.2. The first-order valence-electron chi connectivity index (χ1n) is 2.81. The van der Waals surface area contributed by atoms with Crippen molar-refractivity contribution in [3.8, 4) is 0 Å². The molecule has 1 aromatic carbocycles. The summed E-state index contributed by atoms with van der Waals surface area (Å²) < 4.78 is 0. The molecule has 10 heavy (non-hydrogen) atoms. The molecule has 0 saturated carbocycles. The van der Waals surface area contributed by atoms with Crippen LogP contribution in [-0.2, 0) is 0 Å². The van der Waals surface area contributed by atoms with Crippen molar-refractivity contribution < 1.29 is 0 Å². The zero-order valence-corrected chi connectivity index (χ0v) is 5.17. The summed E-state index contributed by atoms with van der Waals surface area (Å²) in [6, 6.07) is 7.63. The standard InChI is InChI=1S/C8H9N.CH4/c1-2-7-5-3-4-6-8(7)9;/h2-6H,1,9H2;1H4. The van der Waals surface area contributed by atoms with Gasteiger partial charge in [0.25, 0.3) is 0 Å². The largest absolute Gasteiger partial charge is 0.398 e. The first-order valence-corrected chi connectivity index (χ1v) is 2.81. The molecule has 0 bridgehead atoms. The van der Waals surface area contributed by atoms with Crippen molar-refractivity contribution in [2.45, 2.75) is 7.43 Å². The van der Waals surface area contributed by atoms with Gasteiger partial charge in [-0.2, -0.15) is 0 Å². The molecule has 0 fully saturated rings. The maximum absolute atomic E-state index is 5.56. The molecule has 0 aliphatic rings. The summed E-state index contributed by atoms with van der Waals surface area (Å²) in [5, 5.41) is 0. The van der Waals surface area contributed by atoms with Gasteiger partial charge < -0.3 is 5.73 Å². The molecular weight excluding hydrogens is 122 g/mol. The predicted octanol–water partition coefficient (Wildman–Crippen LogP) is 2.55. The summed E-state index contributed by atoms with van der Waals surface area (Å²) in [7, 11) is 0. The Labute approximate surface area is 62.2 Å². The number of nitrogens with two attached hydrogens (primary N) is 1. The Hall–Kier alpha value is -1.24. The van der Waals surface area contributed by atoms with E-state index in [4.69, 9.17) is 5.73 Å². The highest BCUT2D eigenvalue weighted by molar-refractivity contribution is 5.62. The quantitative estimate of drug-likeness (QED) is 0.588. The number of rotatable bonds is 1. The molecule has 0 unspecified atom stereocenters. The topological polar surface area (TPSA) is 26.0 Å². The maximum Gasteiger partial charge on any atom is 0.0387 e. The minimum absolute atomic E-state index is 0. The molecule has 0 radical (unpaired) electrons. The first-order chi connectivity index (χ1) is 4.34. The minimum Gasteiger partial charge on any atom is -0.398 e. The second-order valence-electron chi connectivity index (χ2n) is 1.83. The molecule has 0 atom stereocenters. The van der Waals surface area contributed by atoms with E-state index in [2.05, 4.69) is 6.58 Å². The van der Waals surface area contributed by atoms with Crippen LogP contribution in [0.2, 0.25) is 0 Å². The van der Waals surface area contributed by atoms with E-state index in [0.717, 1.165) is 11.3 Å². The number of hydrogen-bond acceptors (Lipinski definition) is 1. The fraction of sp³-hybridized carbons (Fsp3) is 0.111. The molecule has 0 amide bonds.